The van der Waals surface area contributed by atoms with Gasteiger partial charge in [0.05, 0.1) is 0 Å². The van der Waals surface area contributed by atoms with Crippen molar-refractivity contribution in [1.82, 2.24) is 4.90 Å². The van der Waals surface area contributed by atoms with Crippen molar-refractivity contribution in [2.24, 2.45) is 5.41 Å². The lowest BCUT2D eigenvalue weighted by Gasteiger charge is -2.46. The van der Waals surface area contributed by atoms with Crippen LogP contribution in [0.3, 0.4) is 0 Å². The van der Waals surface area contributed by atoms with Crippen molar-refractivity contribution in [1.29, 1.82) is 0 Å². The number of carbonyl (C=O) groups is 1. The minimum absolute atomic E-state index is 0.387. The second-order valence-corrected chi connectivity index (χ2v) is 5.22. The van der Waals surface area contributed by atoms with E-state index in [9.17, 15) is 4.79 Å². The van der Waals surface area contributed by atoms with Gasteiger partial charge >= 0.3 is 0 Å². The standard InChI is InChI=1S/C13H19NO/c1-2-13-6-3-8-14-9-5-10(12(13)14)11(15)4-7-13/h2-9H2,1H3/t13-/m1/s1. The summed E-state index contributed by atoms with van der Waals surface area (Å²) in [5.41, 5.74) is 3.05. The van der Waals surface area contributed by atoms with Gasteiger partial charge in [-0.2, -0.15) is 0 Å². The first-order valence-corrected chi connectivity index (χ1v) is 6.29. The van der Waals surface area contributed by atoms with E-state index in [0.29, 0.717) is 11.2 Å². The van der Waals surface area contributed by atoms with Crippen molar-refractivity contribution >= 4 is 5.78 Å². The number of carbonyl (C=O) groups excluding carboxylic acids is 1. The number of hydrogen-bond donors (Lipinski definition) is 0. The molecule has 0 aromatic carbocycles. The maximum Gasteiger partial charge on any atom is 0.160 e. The molecule has 0 bridgehead atoms. The van der Waals surface area contributed by atoms with Crippen LogP contribution in [0.4, 0.5) is 0 Å². The summed E-state index contributed by atoms with van der Waals surface area (Å²) in [4.78, 5) is 14.4. The molecule has 0 aromatic rings. The van der Waals surface area contributed by atoms with Crippen molar-refractivity contribution in [3.05, 3.63) is 11.3 Å². The zero-order chi connectivity index (χ0) is 10.5. The molecule has 0 aromatic heterocycles. The third-order valence-electron chi connectivity index (χ3n) is 4.66. The topological polar surface area (TPSA) is 20.3 Å². The summed E-state index contributed by atoms with van der Waals surface area (Å²) in [5, 5.41) is 0. The number of allylic oxidation sites excluding steroid dienone is 1. The molecule has 2 heteroatoms. The summed E-state index contributed by atoms with van der Waals surface area (Å²) in [5.74, 6) is 0.443. The molecule has 0 unspecified atom stereocenters. The molecule has 2 aliphatic heterocycles. The zero-order valence-electron chi connectivity index (χ0n) is 9.51. The summed E-state index contributed by atoms with van der Waals surface area (Å²) in [6.45, 7) is 4.59. The molecular formula is C13H19NO. The van der Waals surface area contributed by atoms with E-state index in [4.69, 9.17) is 0 Å². The normalized spacial score (nSPS) is 34.7. The molecule has 1 saturated heterocycles. The summed E-state index contributed by atoms with van der Waals surface area (Å²) in [6, 6.07) is 0. The van der Waals surface area contributed by atoms with E-state index < -0.39 is 0 Å². The Morgan fingerprint density at radius 2 is 2.13 bits per heavy atom. The van der Waals surface area contributed by atoms with Gasteiger partial charge in [-0.15, -0.1) is 0 Å². The number of hydrogen-bond acceptors (Lipinski definition) is 2. The summed E-state index contributed by atoms with van der Waals surface area (Å²) < 4.78 is 0. The fourth-order valence-corrected chi connectivity index (χ4v) is 3.81. The minimum Gasteiger partial charge on any atom is -0.374 e. The summed E-state index contributed by atoms with van der Waals surface area (Å²) in [7, 11) is 0. The largest absolute Gasteiger partial charge is 0.374 e. The first-order valence-electron chi connectivity index (χ1n) is 6.29. The van der Waals surface area contributed by atoms with Gasteiger partial charge in [-0.3, -0.25) is 4.79 Å². The number of Topliss-reactive ketones (excluding diaryl/α,β-unsaturated/α-hetero) is 1. The molecule has 3 rings (SSSR count). The SMILES string of the molecule is CC[C@]12CCCN3CCC(=C31)C(=O)CC2. The Bertz CT molecular complexity index is 344. The molecule has 0 N–H and O–H groups in total. The average Bonchev–Trinajstić information content (AvgIpc) is 2.70. The second-order valence-electron chi connectivity index (χ2n) is 5.22. The van der Waals surface area contributed by atoms with E-state index in [-0.39, 0.29) is 0 Å². The van der Waals surface area contributed by atoms with E-state index >= 15 is 0 Å². The van der Waals surface area contributed by atoms with Crippen molar-refractivity contribution in [2.75, 3.05) is 13.1 Å². The molecule has 0 radical (unpaired) electrons. The summed E-state index contributed by atoms with van der Waals surface area (Å²) in [6.07, 6.45) is 6.79. The Hall–Kier alpha value is -0.790. The van der Waals surface area contributed by atoms with Gasteiger partial charge in [0.1, 0.15) is 0 Å². The van der Waals surface area contributed by atoms with Crippen LogP contribution in [0.5, 0.6) is 0 Å². The second kappa shape index (κ2) is 3.10. The van der Waals surface area contributed by atoms with Crippen LogP contribution in [0.25, 0.3) is 0 Å². The smallest absolute Gasteiger partial charge is 0.160 e. The molecule has 1 fully saturated rings. The highest BCUT2D eigenvalue weighted by Crippen LogP contribution is 2.52. The molecule has 3 aliphatic rings. The van der Waals surface area contributed by atoms with Crippen molar-refractivity contribution in [3.63, 3.8) is 0 Å². The quantitative estimate of drug-likeness (QED) is 0.655. The van der Waals surface area contributed by atoms with E-state index in [2.05, 4.69) is 11.8 Å². The Morgan fingerprint density at radius 1 is 1.27 bits per heavy atom. The van der Waals surface area contributed by atoms with Crippen LogP contribution in [0.2, 0.25) is 0 Å². The lowest BCUT2D eigenvalue weighted by atomic mass is 9.67. The van der Waals surface area contributed by atoms with Crippen LogP contribution in [0, 0.1) is 5.41 Å². The molecule has 1 atom stereocenters. The molecule has 82 valence electrons. The van der Waals surface area contributed by atoms with Crippen molar-refractivity contribution in [3.8, 4) is 0 Å². The van der Waals surface area contributed by atoms with E-state index in [0.717, 1.165) is 25.8 Å². The van der Waals surface area contributed by atoms with Gasteiger partial charge in [0.2, 0.25) is 0 Å². The lowest BCUT2D eigenvalue weighted by molar-refractivity contribution is -0.117. The van der Waals surface area contributed by atoms with Gasteiger partial charge < -0.3 is 4.90 Å². The Kier molecular flexibility index (Phi) is 1.95. The van der Waals surface area contributed by atoms with E-state index in [1.165, 1.54) is 37.1 Å². The van der Waals surface area contributed by atoms with Gasteiger partial charge in [-0.1, -0.05) is 6.92 Å². The van der Waals surface area contributed by atoms with Crippen LogP contribution in [0.1, 0.15) is 45.4 Å². The Labute approximate surface area is 91.3 Å². The van der Waals surface area contributed by atoms with Crippen molar-refractivity contribution < 1.29 is 4.79 Å². The number of nitrogens with zero attached hydrogens (tertiary/aromatic N) is 1. The van der Waals surface area contributed by atoms with Crippen LogP contribution >= 0.6 is 0 Å². The van der Waals surface area contributed by atoms with Gasteiger partial charge in [0.25, 0.3) is 0 Å². The van der Waals surface area contributed by atoms with Gasteiger partial charge in [-0.05, 0) is 32.1 Å². The van der Waals surface area contributed by atoms with Crippen LogP contribution in [0.15, 0.2) is 11.3 Å². The van der Waals surface area contributed by atoms with Gasteiger partial charge in [0, 0.05) is 36.2 Å². The molecule has 2 heterocycles. The van der Waals surface area contributed by atoms with Crippen molar-refractivity contribution in [2.45, 2.75) is 45.4 Å². The zero-order valence-corrected chi connectivity index (χ0v) is 9.51. The van der Waals surface area contributed by atoms with Crippen LogP contribution in [-0.4, -0.2) is 23.8 Å². The first kappa shape index (κ1) is 9.44. The summed E-state index contributed by atoms with van der Waals surface area (Å²) >= 11 is 0. The number of piperidine rings is 1. The van der Waals surface area contributed by atoms with Gasteiger partial charge in [-0.25, -0.2) is 0 Å². The Balaban J connectivity index is 2.11. The first-order chi connectivity index (χ1) is 7.27. The maximum atomic E-state index is 11.9. The average molecular weight is 205 g/mol. The molecule has 0 saturated carbocycles. The van der Waals surface area contributed by atoms with Gasteiger partial charge in [0.15, 0.2) is 5.78 Å². The third-order valence-corrected chi connectivity index (χ3v) is 4.66. The highest BCUT2D eigenvalue weighted by atomic mass is 16.1. The molecule has 2 nitrogen and oxygen atoms in total. The predicted octanol–water partition coefficient (Wildman–Crippen LogP) is 2.50. The number of rotatable bonds is 1. The molecule has 0 spiro atoms. The lowest BCUT2D eigenvalue weighted by Crippen LogP contribution is -2.41. The maximum absolute atomic E-state index is 11.9. The van der Waals surface area contributed by atoms with Crippen LogP contribution in [-0.2, 0) is 4.79 Å². The predicted molar refractivity (Wildman–Crippen MR) is 59.4 cm³/mol. The highest BCUT2D eigenvalue weighted by Gasteiger charge is 2.46. The van der Waals surface area contributed by atoms with Crippen LogP contribution < -0.4 is 0 Å². The monoisotopic (exact) mass is 205 g/mol. The fraction of sp³-hybridized carbons (Fsp3) is 0.769. The number of ketones is 1. The van der Waals surface area contributed by atoms with E-state index in [1.54, 1.807) is 0 Å². The minimum atomic E-state index is 0.387. The molecule has 1 aliphatic carbocycles. The fourth-order valence-electron chi connectivity index (χ4n) is 3.81. The molecule has 0 amide bonds. The Morgan fingerprint density at radius 3 is 2.93 bits per heavy atom. The highest BCUT2D eigenvalue weighted by molar-refractivity contribution is 5.97. The van der Waals surface area contributed by atoms with E-state index in [1.807, 2.05) is 0 Å². The third kappa shape index (κ3) is 1.14. The molecule has 15 heavy (non-hydrogen) atoms. The molecular weight excluding hydrogens is 186 g/mol.